The number of nitrogens with zero attached hydrogens (tertiary/aromatic N) is 2. The summed E-state index contributed by atoms with van der Waals surface area (Å²) in [5.74, 6) is 0.649. The highest BCUT2D eigenvalue weighted by atomic mass is 79.9. The lowest BCUT2D eigenvalue weighted by molar-refractivity contribution is -0.127. The molecule has 3 heterocycles. The van der Waals surface area contributed by atoms with Crippen molar-refractivity contribution in [3.63, 3.8) is 0 Å². The minimum absolute atomic E-state index is 0.0421. The van der Waals surface area contributed by atoms with Gasteiger partial charge >= 0.3 is 0 Å². The number of hydrogen-bond acceptors (Lipinski definition) is 11. The van der Waals surface area contributed by atoms with Gasteiger partial charge in [-0.2, -0.15) is 0 Å². The second-order valence-electron chi connectivity index (χ2n) is 16.6. The summed E-state index contributed by atoms with van der Waals surface area (Å²) in [5, 5.41) is 7.59. The van der Waals surface area contributed by atoms with Crippen molar-refractivity contribution in [3.8, 4) is 0 Å². The molecule has 1 aliphatic heterocycles. The average molecular weight is 1040 g/mol. The molecule has 2 aliphatic carbocycles. The summed E-state index contributed by atoms with van der Waals surface area (Å²) >= 11 is 6.50. The number of carbonyl (C=O) groups is 2. The predicted molar refractivity (Wildman–Crippen MR) is 253 cm³/mol. The van der Waals surface area contributed by atoms with Crippen LogP contribution < -0.4 is 25.8 Å². The van der Waals surface area contributed by atoms with Gasteiger partial charge < -0.3 is 16.4 Å². The summed E-state index contributed by atoms with van der Waals surface area (Å²) in [6.45, 7) is 4.24. The predicted octanol–water partition coefficient (Wildman–Crippen LogP) is 7.72. The molecule has 0 spiro atoms. The highest BCUT2D eigenvalue weighted by Gasteiger charge is 2.32. The number of amides is 2. The topological polar surface area (TPSA) is 202 Å². The van der Waals surface area contributed by atoms with Crippen LogP contribution in [0.2, 0.25) is 0 Å². The summed E-state index contributed by atoms with van der Waals surface area (Å²) in [5.41, 5.74) is 8.18. The largest absolute Gasteiger partial charge is 0.349 e. The molecule has 3 aliphatic rings. The van der Waals surface area contributed by atoms with Crippen LogP contribution in [0.25, 0.3) is 0 Å². The smallest absolute Gasteiger partial charge is 0.242 e. The Morgan fingerprint density at radius 1 is 0.754 bits per heavy atom. The molecule has 2 saturated carbocycles. The van der Waals surface area contributed by atoms with Gasteiger partial charge in [-0.15, -0.1) is 23.5 Å². The van der Waals surface area contributed by atoms with E-state index in [9.17, 15) is 35.2 Å². The lowest BCUT2D eigenvalue weighted by Crippen LogP contribution is -2.41. The van der Waals surface area contributed by atoms with E-state index in [-0.39, 0.29) is 69.2 Å². The quantitative estimate of drug-likeness (QED) is 0.0730. The summed E-state index contributed by atoms with van der Waals surface area (Å²) in [4.78, 5) is 34.2. The van der Waals surface area contributed by atoms with Gasteiger partial charge in [0.25, 0.3) is 0 Å². The van der Waals surface area contributed by atoms with Gasteiger partial charge in [0.15, 0.2) is 0 Å². The molecule has 0 bridgehead atoms. The van der Waals surface area contributed by atoms with Gasteiger partial charge in [-0.05, 0) is 153 Å². The van der Waals surface area contributed by atoms with Crippen molar-refractivity contribution in [3.05, 3.63) is 106 Å². The molecule has 2 aromatic heterocycles. The van der Waals surface area contributed by atoms with E-state index in [1.54, 1.807) is 48.2 Å². The maximum absolute atomic E-state index is 13.1. The molecule has 2 atom stereocenters. The van der Waals surface area contributed by atoms with E-state index in [1.807, 2.05) is 13.8 Å². The van der Waals surface area contributed by atoms with E-state index in [2.05, 4.69) is 46.0 Å². The molecule has 7 rings (SSSR count). The van der Waals surface area contributed by atoms with Crippen molar-refractivity contribution in [1.29, 1.82) is 0 Å². The van der Waals surface area contributed by atoms with Crippen LogP contribution in [0.4, 0.5) is 8.78 Å². The number of aryl methyl sites for hydroxylation is 1. The third-order valence-corrected chi connectivity index (χ3v) is 17.8. The number of nitrogens with one attached hydrogen (secondary N) is 4. The molecule has 0 unspecified atom stereocenters. The van der Waals surface area contributed by atoms with Gasteiger partial charge in [-0.1, -0.05) is 24.3 Å². The van der Waals surface area contributed by atoms with E-state index in [4.69, 9.17) is 5.73 Å². The first kappa shape index (κ1) is 50.9. The van der Waals surface area contributed by atoms with Gasteiger partial charge in [0.2, 0.25) is 31.9 Å². The molecule has 0 saturated heterocycles. The Morgan fingerprint density at radius 2 is 1.22 bits per heavy atom. The molecule has 65 heavy (non-hydrogen) atoms. The van der Waals surface area contributed by atoms with Crippen molar-refractivity contribution in [2.45, 2.75) is 122 Å². The lowest BCUT2D eigenvalue weighted by Gasteiger charge is -2.29. The second kappa shape index (κ2) is 23.5. The van der Waals surface area contributed by atoms with E-state index >= 15 is 0 Å². The number of pyridine rings is 2. The highest BCUT2D eigenvalue weighted by Crippen LogP contribution is 2.32. The number of nitrogens with two attached hydrogens (primary N) is 1. The number of halogens is 3. The highest BCUT2D eigenvalue weighted by molar-refractivity contribution is 9.10. The van der Waals surface area contributed by atoms with Crippen LogP contribution in [-0.2, 0) is 36.1 Å². The van der Waals surface area contributed by atoms with Crippen LogP contribution >= 0.6 is 39.5 Å². The standard InChI is InChI=1S/C23H28FN3O3S2.C22H28BrFN4O3S2/c1-15(16-4-8-19(24)9-5-16)26-22(28)17-6-10-20(11-7-17)27-32(29,30)21-13-18-3-2-12-31-23(18)25-14-21;1-14(15-2-6-17(24)7-3-15)27-21(29)16-4-8-18(9-5-16)28-33(30,31)19-12-20(23)22(26-13-19)32-11-10-25/h4-5,8-9,13-15,17,20,27H,2-3,6-7,10-12H2,1H3,(H,26,28);2-3,6-7,12-14,16,18,28H,4-5,8-11,25H2,1H3,(H,27,29)/t15-,17?,20?;14-,16?,18?/m11/s1. The zero-order valence-electron chi connectivity index (χ0n) is 36.3. The van der Waals surface area contributed by atoms with E-state index in [1.165, 1.54) is 48.4 Å². The second-order valence-corrected chi connectivity index (χ2v) is 23.0. The van der Waals surface area contributed by atoms with Gasteiger partial charge in [0.05, 0.1) is 21.6 Å². The molecule has 2 amide bonds. The van der Waals surface area contributed by atoms with E-state index in [0.717, 1.165) is 40.3 Å². The number of sulfonamides is 2. The van der Waals surface area contributed by atoms with Crippen LogP contribution in [0.1, 0.15) is 100 Å². The average Bonchev–Trinajstić information content (AvgIpc) is 3.29. The SMILES string of the molecule is C[C@@H](NC(=O)C1CCC(NS(=O)(=O)c2cnc(SCCN)c(Br)c2)CC1)c1ccc(F)cc1.C[C@@H](NC(=O)C1CCC(NS(=O)(=O)c2cnc3c(c2)CCCS3)CC1)c1ccc(F)cc1. The van der Waals surface area contributed by atoms with Gasteiger partial charge in [0, 0.05) is 48.6 Å². The molecule has 2 fully saturated rings. The van der Waals surface area contributed by atoms with Crippen molar-refractivity contribution in [2.75, 3.05) is 18.1 Å². The van der Waals surface area contributed by atoms with Crippen LogP contribution in [0.15, 0.2) is 97.4 Å². The fourth-order valence-corrected chi connectivity index (χ4v) is 13.0. The number of aromatic nitrogens is 2. The van der Waals surface area contributed by atoms with Crippen molar-refractivity contribution in [1.82, 2.24) is 30.0 Å². The summed E-state index contributed by atoms with van der Waals surface area (Å²) in [6.07, 6.45) is 9.45. The van der Waals surface area contributed by atoms with Gasteiger partial charge in [-0.25, -0.2) is 45.0 Å². The number of benzene rings is 2. The Morgan fingerprint density at radius 3 is 1.68 bits per heavy atom. The van der Waals surface area contributed by atoms with Crippen LogP contribution in [0, 0.1) is 23.5 Å². The number of thioether (sulfide) groups is 2. The first-order valence-electron chi connectivity index (χ1n) is 21.8. The Hall–Kier alpha value is -3.50. The Balaban J connectivity index is 0.000000215. The van der Waals surface area contributed by atoms with Gasteiger partial charge in [-0.3, -0.25) is 9.59 Å². The minimum Gasteiger partial charge on any atom is -0.349 e. The van der Waals surface area contributed by atoms with Gasteiger partial charge in [0.1, 0.15) is 26.5 Å². The van der Waals surface area contributed by atoms with Crippen LogP contribution in [0.5, 0.6) is 0 Å². The third-order valence-electron chi connectivity index (χ3n) is 11.8. The maximum atomic E-state index is 13.1. The molecular formula is C45H56BrF2N7O6S4. The third kappa shape index (κ3) is 14.5. The molecule has 4 aromatic rings. The minimum atomic E-state index is -3.72. The Labute approximate surface area is 397 Å². The zero-order valence-corrected chi connectivity index (χ0v) is 41.1. The van der Waals surface area contributed by atoms with Crippen LogP contribution in [-0.4, -0.2) is 68.8 Å². The summed E-state index contributed by atoms with van der Waals surface area (Å²) in [7, 11) is -7.37. The fourth-order valence-electron chi connectivity index (χ4n) is 8.03. The Kier molecular flexibility index (Phi) is 18.4. The lowest BCUT2D eigenvalue weighted by atomic mass is 9.85. The van der Waals surface area contributed by atoms with Crippen LogP contribution in [0.3, 0.4) is 0 Å². The van der Waals surface area contributed by atoms with E-state index in [0.29, 0.717) is 73.2 Å². The monoisotopic (exact) mass is 1040 g/mol. The number of fused-ring (bicyclic) bond motifs is 1. The summed E-state index contributed by atoms with van der Waals surface area (Å²) < 4.78 is 83.7. The molecule has 20 heteroatoms. The van der Waals surface area contributed by atoms with Crippen molar-refractivity contribution >= 4 is 71.3 Å². The number of carbonyl (C=O) groups excluding carboxylic acids is 2. The molecule has 352 valence electrons. The molecule has 13 nitrogen and oxygen atoms in total. The molecule has 2 aromatic carbocycles. The number of rotatable bonds is 15. The summed E-state index contributed by atoms with van der Waals surface area (Å²) in [6, 6.07) is 14.6. The first-order chi connectivity index (χ1) is 31.0. The zero-order chi connectivity index (χ0) is 46.7. The number of hydrogen-bond donors (Lipinski definition) is 5. The molecular weight excluding hydrogens is 981 g/mol. The van der Waals surface area contributed by atoms with E-state index < -0.39 is 20.0 Å². The normalized spacial score (nSPS) is 20.9. The fraction of sp³-hybridized carbons (Fsp3) is 0.467. The maximum Gasteiger partial charge on any atom is 0.242 e. The van der Waals surface area contributed by atoms with Crippen molar-refractivity contribution in [2.24, 2.45) is 17.6 Å². The molecule has 0 radical (unpaired) electrons. The molecule has 6 N–H and O–H groups in total. The van der Waals surface area contributed by atoms with Crippen molar-refractivity contribution < 1.29 is 35.2 Å². The first-order valence-corrected chi connectivity index (χ1v) is 27.5. The Bertz CT molecular complexity index is 2480.